The van der Waals surface area contributed by atoms with E-state index < -0.39 is 23.8 Å². The standard InChI is InChI=1S/C23H32O5/c1-28-23-11-10-21(25)18(20(23)12-14(23)4-2-7-22(26)27)9-8-15(24)13-19-16-5-3-6-17(16)19/h4,15-21,24-25H,2-3,5-7,10-13H2,1H3,(H,26,27). The number of carboxylic acids is 1. The van der Waals surface area contributed by atoms with Crippen LogP contribution < -0.4 is 0 Å². The highest BCUT2D eigenvalue weighted by Crippen LogP contribution is 2.59. The van der Waals surface area contributed by atoms with Crippen molar-refractivity contribution in [3.8, 4) is 11.8 Å². The molecule has 0 radical (unpaired) electrons. The van der Waals surface area contributed by atoms with Crippen LogP contribution in [0.25, 0.3) is 0 Å². The topological polar surface area (TPSA) is 87.0 Å². The van der Waals surface area contributed by atoms with Crippen molar-refractivity contribution in [2.45, 2.75) is 75.6 Å². The number of methoxy groups -OCH3 is 1. The zero-order chi connectivity index (χ0) is 19.9. The van der Waals surface area contributed by atoms with E-state index in [0.29, 0.717) is 18.8 Å². The Balaban J connectivity index is 1.39. The molecule has 7 unspecified atom stereocenters. The first-order valence-electron chi connectivity index (χ1n) is 10.8. The van der Waals surface area contributed by atoms with Gasteiger partial charge in [0.2, 0.25) is 0 Å². The Hall–Kier alpha value is -1.35. The summed E-state index contributed by atoms with van der Waals surface area (Å²) in [6.45, 7) is 0. The lowest BCUT2D eigenvalue weighted by Gasteiger charge is -2.57. The van der Waals surface area contributed by atoms with E-state index in [9.17, 15) is 15.0 Å². The monoisotopic (exact) mass is 388 g/mol. The molecule has 0 spiro atoms. The fraction of sp³-hybridized carbons (Fsp3) is 0.783. The van der Waals surface area contributed by atoms with Crippen molar-refractivity contribution in [1.29, 1.82) is 0 Å². The number of fused-ring (bicyclic) bond motifs is 2. The molecule has 4 rings (SSSR count). The van der Waals surface area contributed by atoms with Gasteiger partial charge in [-0.15, -0.1) is 0 Å². The van der Waals surface area contributed by atoms with Gasteiger partial charge in [-0.1, -0.05) is 24.3 Å². The Bertz CT molecular complexity index is 694. The van der Waals surface area contributed by atoms with Crippen LogP contribution in [0.2, 0.25) is 0 Å². The quantitative estimate of drug-likeness (QED) is 0.481. The summed E-state index contributed by atoms with van der Waals surface area (Å²) >= 11 is 0. The van der Waals surface area contributed by atoms with Gasteiger partial charge in [0.25, 0.3) is 0 Å². The Morgan fingerprint density at radius 2 is 2.11 bits per heavy atom. The molecule has 0 aromatic rings. The highest BCUT2D eigenvalue weighted by Gasteiger charge is 2.58. The Labute approximate surface area is 167 Å². The molecule has 4 saturated carbocycles. The second-order valence-corrected chi connectivity index (χ2v) is 9.16. The minimum absolute atomic E-state index is 0.109. The summed E-state index contributed by atoms with van der Waals surface area (Å²) < 4.78 is 5.90. The van der Waals surface area contributed by atoms with Gasteiger partial charge in [0.1, 0.15) is 6.10 Å². The molecule has 4 aliphatic carbocycles. The van der Waals surface area contributed by atoms with E-state index in [1.165, 1.54) is 19.3 Å². The smallest absolute Gasteiger partial charge is 0.303 e. The summed E-state index contributed by atoms with van der Waals surface area (Å²) in [5.41, 5.74) is 0.724. The van der Waals surface area contributed by atoms with E-state index in [0.717, 1.165) is 36.7 Å². The molecule has 4 aliphatic rings. The van der Waals surface area contributed by atoms with E-state index in [4.69, 9.17) is 9.84 Å². The molecule has 28 heavy (non-hydrogen) atoms. The number of aliphatic hydroxyl groups excluding tert-OH is 2. The zero-order valence-electron chi connectivity index (χ0n) is 16.6. The number of aliphatic hydroxyl groups is 2. The van der Waals surface area contributed by atoms with Gasteiger partial charge in [-0.05, 0) is 68.3 Å². The maximum atomic E-state index is 10.8. The van der Waals surface area contributed by atoms with E-state index in [1.807, 2.05) is 6.08 Å². The van der Waals surface area contributed by atoms with Crippen molar-refractivity contribution in [1.82, 2.24) is 0 Å². The Kier molecular flexibility index (Phi) is 5.57. The van der Waals surface area contributed by atoms with E-state index in [2.05, 4.69) is 11.8 Å². The second kappa shape index (κ2) is 7.82. The normalized spacial score (nSPS) is 43.3. The van der Waals surface area contributed by atoms with Gasteiger partial charge in [0.05, 0.1) is 17.6 Å². The SMILES string of the molecule is COC12CCC(O)C(C#CC(O)CC3C4CCCC43)C1CC2=CCCC(=O)O. The number of rotatable bonds is 6. The molecule has 4 fully saturated rings. The third-order valence-electron chi connectivity index (χ3n) is 7.85. The van der Waals surface area contributed by atoms with Crippen LogP contribution in [-0.2, 0) is 9.53 Å². The van der Waals surface area contributed by atoms with Crippen LogP contribution in [-0.4, -0.2) is 46.2 Å². The lowest BCUT2D eigenvalue weighted by molar-refractivity contribution is -0.139. The molecule has 0 saturated heterocycles. The summed E-state index contributed by atoms with van der Waals surface area (Å²) in [4.78, 5) is 10.8. The number of ether oxygens (including phenoxy) is 1. The third-order valence-corrected chi connectivity index (χ3v) is 7.85. The van der Waals surface area contributed by atoms with Gasteiger partial charge in [-0.25, -0.2) is 0 Å². The summed E-state index contributed by atoms with van der Waals surface area (Å²) in [6, 6.07) is 0. The lowest BCUT2D eigenvalue weighted by atomic mass is 9.53. The maximum absolute atomic E-state index is 10.8. The molecule has 154 valence electrons. The first-order chi connectivity index (χ1) is 13.5. The number of hydrogen-bond donors (Lipinski definition) is 3. The van der Waals surface area contributed by atoms with Gasteiger partial charge in [0.15, 0.2) is 0 Å². The van der Waals surface area contributed by atoms with Crippen LogP contribution in [0.4, 0.5) is 0 Å². The molecule has 0 bridgehead atoms. The fourth-order valence-corrected chi connectivity index (χ4v) is 6.29. The first kappa shape index (κ1) is 19.9. The molecule has 7 atom stereocenters. The Morgan fingerprint density at radius 1 is 1.36 bits per heavy atom. The minimum atomic E-state index is -0.796. The van der Waals surface area contributed by atoms with Crippen molar-refractivity contribution in [3.05, 3.63) is 11.6 Å². The van der Waals surface area contributed by atoms with Crippen molar-refractivity contribution in [2.24, 2.45) is 29.6 Å². The lowest BCUT2D eigenvalue weighted by Crippen LogP contribution is -2.59. The number of carboxylic acid groups (broad SMARTS) is 1. The number of aliphatic carboxylic acids is 1. The highest BCUT2D eigenvalue weighted by molar-refractivity contribution is 5.66. The zero-order valence-corrected chi connectivity index (χ0v) is 16.6. The maximum Gasteiger partial charge on any atom is 0.303 e. The van der Waals surface area contributed by atoms with Crippen molar-refractivity contribution >= 4 is 5.97 Å². The van der Waals surface area contributed by atoms with Crippen molar-refractivity contribution in [3.63, 3.8) is 0 Å². The van der Waals surface area contributed by atoms with Gasteiger partial charge in [-0.3, -0.25) is 4.79 Å². The van der Waals surface area contributed by atoms with Crippen molar-refractivity contribution in [2.75, 3.05) is 7.11 Å². The molecule has 5 heteroatoms. The molecule has 5 nitrogen and oxygen atoms in total. The Morgan fingerprint density at radius 3 is 2.79 bits per heavy atom. The van der Waals surface area contributed by atoms with E-state index >= 15 is 0 Å². The highest BCUT2D eigenvalue weighted by atomic mass is 16.5. The predicted molar refractivity (Wildman–Crippen MR) is 104 cm³/mol. The summed E-state index contributed by atoms with van der Waals surface area (Å²) in [6.07, 6.45) is 8.39. The number of hydrogen-bond acceptors (Lipinski definition) is 4. The van der Waals surface area contributed by atoms with Crippen LogP contribution in [0.15, 0.2) is 11.6 Å². The van der Waals surface area contributed by atoms with E-state index in [-0.39, 0.29) is 18.3 Å². The van der Waals surface area contributed by atoms with Gasteiger partial charge < -0.3 is 20.1 Å². The summed E-state index contributed by atoms with van der Waals surface area (Å²) in [5, 5.41) is 29.8. The average Bonchev–Trinajstić information content (AvgIpc) is 3.06. The average molecular weight is 389 g/mol. The number of allylic oxidation sites excluding steroid dienone is 1. The van der Waals surface area contributed by atoms with E-state index in [1.54, 1.807) is 7.11 Å². The van der Waals surface area contributed by atoms with Gasteiger partial charge >= 0.3 is 5.97 Å². The van der Waals surface area contributed by atoms with Crippen LogP contribution in [0.1, 0.15) is 57.8 Å². The molecule has 0 aromatic heterocycles. The van der Waals surface area contributed by atoms with Gasteiger partial charge in [-0.2, -0.15) is 0 Å². The predicted octanol–water partition coefficient (Wildman–Crippen LogP) is 2.75. The van der Waals surface area contributed by atoms with Gasteiger partial charge in [0, 0.05) is 19.4 Å². The van der Waals surface area contributed by atoms with Crippen molar-refractivity contribution < 1.29 is 24.9 Å². The second-order valence-electron chi connectivity index (χ2n) is 9.16. The largest absolute Gasteiger partial charge is 0.481 e. The molecule has 3 N–H and O–H groups in total. The first-order valence-corrected chi connectivity index (χ1v) is 10.8. The summed E-state index contributed by atoms with van der Waals surface area (Å²) in [7, 11) is 1.69. The number of carbonyl (C=O) groups is 1. The van der Waals surface area contributed by atoms with Crippen LogP contribution in [0.5, 0.6) is 0 Å². The summed E-state index contributed by atoms with van der Waals surface area (Å²) in [5.74, 6) is 7.65. The van der Waals surface area contributed by atoms with Crippen LogP contribution >= 0.6 is 0 Å². The molecular weight excluding hydrogens is 356 g/mol. The fourth-order valence-electron chi connectivity index (χ4n) is 6.29. The molecule has 0 heterocycles. The minimum Gasteiger partial charge on any atom is -0.481 e. The molecule has 0 aromatic carbocycles. The van der Waals surface area contributed by atoms with Crippen LogP contribution in [0, 0.1) is 41.4 Å². The molecular formula is C23H32O5. The molecule has 0 aliphatic heterocycles. The molecule has 0 amide bonds. The van der Waals surface area contributed by atoms with Crippen LogP contribution in [0.3, 0.4) is 0 Å². The third kappa shape index (κ3) is 3.51.